The van der Waals surface area contributed by atoms with E-state index in [1.807, 2.05) is 41.9 Å². The van der Waals surface area contributed by atoms with E-state index in [9.17, 15) is 0 Å². The van der Waals surface area contributed by atoms with Crippen LogP contribution >= 0.6 is 22.7 Å². The van der Waals surface area contributed by atoms with E-state index in [0.717, 1.165) is 11.3 Å². The number of aliphatic imine (C=N–C) groups is 1. The van der Waals surface area contributed by atoms with Gasteiger partial charge < -0.3 is 10.7 Å². The average molecular weight is 731 g/mol. The summed E-state index contributed by atoms with van der Waals surface area (Å²) < 4.78 is 3.93. The van der Waals surface area contributed by atoms with Crippen LogP contribution in [-0.2, 0) is 0 Å². The molecular weight excluding hydrogens is 697 g/mol. The Bertz CT molecular complexity index is 3220. The zero-order valence-corrected chi connectivity index (χ0v) is 31.1. The van der Waals surface area contributed by atoms with Crippen LogP contribution in [0.15, 0.2) is 163 Å². The minimum atomic E-state index is 0.303. The number of thiophene rings is 2. The van der Waals surface area contributed by atoms with Crippen molar-refractivity contribution in [1.82, 2.24) is 9.97 Å². The van der Waals surface area contributed by atoms with Gasteiger partial charge in [0, 0.05) is 70.0 Å². The second-order valence-corrected chi connectivity index (χ2v) is 15.7. The lowest BCUT2D eigenvalue weighted by Crippen LogP contribution is -2.07. The molecule has 54 heavy (non-hydrogen) atoms. The molecule has 3 N–H and O–H groups in total. The first-order valence-electron chi connectivity index (χ1n) is 18.0. The maximum absolute atomic E-state index is 5.67. The second-order valence-electron chi connectivity index (χ2n) is 13.6. The number of aromatic amines is 1. The number of rotatable bonds is 4. The van der Waals surface area contributed by atoms with Crippen molar-refractivity contribution in [2.45, 2.75) is 6.92 Å². The van der Waals surface area contributed by atoms with Crippen molar-refractivity contribution in [2.24, 2.45) is 10.7 Å². The van der Waals surface area contributed by atoms with E-state index in [4.69, 9.17) is 5.73 Å². The molecule has 7 aromatic carbocycles. The van der Waals surface area contributed by atoms with Crippen LogP contribution in [0.4, 0.5) is 0 Å². The molecule has 0 spiro atoms. The number of aryl methyl sites for hydroxylation is 1. The zero-order valence-electron chi connectivity index (χ0n) is 29.5. The van der Waals surface area contributed by atoms with Gasteiger partial charge in [0.25, 0.3) is 0 Å². The summed E-state index contributed by atoms with van der Waals surface area (Å²) in [5.74, 6) is 0. The van der Waals surface area contributed by atoms with Crippen molar-refractivity contribution in [3.8, 4) is 11.1 Å². The van der Waals surface area contributed by atoms with Crippen LogP contribution in [0.5, 0.6) is 0 Å². The van der Waals surface area contributed by atoms with Gasteiger partial charge in [0.15, 0.2) is 0 Å². The van der Waals surface area contributed by atoms with Crippen molar-refractivity contribution in [3.63, 3.8) is 0 Å². The molecule has 0 radical (unpaired) electrons. The fourth-order valence-corrected chi connectivity index (χ4v) is 10.1. The summed E-state index contributed by atoms with van der Waals surface area (Å²) in [5, 5.41) is 11.5. The van der Waals surface area contributed by atoms with Gasteiger partial charge in [0.2, 0.25) is 0 Å². The Labute approximate surface area is 319 Å². The topological polar surface area (TPSA) is 67.1 Å². The van der Waals surface area contributed by atoms with E-state index >= 15 is 0 Å². The van der Waals surface area contributed by atoms with Gasteiger partial charge in [0.05, 0.1) is 17.3 Å². The Morgan fingerprint density at radius 3 is 2.17 bits per heavy atom. The van der Waals surface area contributed by atoms with E-state index in [1.165, 1.54) is 95.2 Å². The first kappa shape index (κ1) is 32.5. The van der Waals surface area contributed by atoms with Gasteiger partial charge in [-0.25, -0.2) is 0 Å². The predicted molar refractivity (Wildman–Crippen MR) is 235 cm³/mol. The molecule has 0 saturated heterocycles. The molecule has 0 aliphatic carbocycles. The van der Waals surface area contributed by atoms with Gasteiger partial charge >= 0.3 is 0 Å². The van der Waals surface area contributed by atoms with Gasteiger partial charge in [0.1, 0.15) is 0 Å². The van der Waals surface area contributed by atoms with Crippen molar-refractivity contribution < 1.29 is 0 Å². The number of H-pyrrole nitrogens is 1. The average Bonchev–Trinajstić information content (AvgIpc) is 3.88. The maximum Gasteiger partial charge on any atom is 0.0867 e. The van der Waals surface area contributed by atoms with Gasteiger partial charge in [-0.05, 0) is 93.7 Å². The molecule has 0 aliphatic rings. The van der Waals surface area contributed by atoms with Crippen LogP contribution in [0, 0.1) is 6.92 Å². The van der Waals surface area contributed by atoms with Crippen molar-refractivity contribution >= 4 is 102 Å². The molecule has 0 bridgehead atoms. The van der Waals surface area contributed by atoms with E-state index in [2.05, 4.69) is 149 Å². The SMILES string of the molecule is Cc1c(/C(=N\CN)c2ccccc2)sc2ccccc12.c1ccc2cc3c(cc2c1)[nH]c1cc2sc4ccc(-c5cccc6cnccc56)cc4c2cc13. The lowest BCUT2D eigenvalue weighted by atomic mass is 9.98. The molecule has 0 atom stereocenters. The third kappa shape index (κ3) is 5.55. The van der Waals surface area contributed by atoms with Crippen molar-refractivity contribution in [3.05, 3.63) is 174 Å². The number of hydrogen-bond donors (Lipinski definition) is 2. The number of nitrogens with zero attached hydrogens (tertiary/aromatic N) is 2. The van der Waals surface area contributed by atoms with Gasteiger partial charge in [-0.15, -0.1) is 22.7 Å². The largest absolute Gasteiger partial charge is 0.354 e. The highest BCUT2D eigenvalue weighted by Crippen LogP contribution is 2.41. The van der Waals surface area contributed by atoms with Gasteiger partial charge in [-0.2, -0.15) is 0 Å². The normalized spacial score (nSPS) is 12.1. The summed E-state index contributed by atoms with van der Waals surface area (Å²) in [6, 6.07) is 52.0. The summed E-state index contributed by atoms with van der Waals surface area (Å²) >= 11 is 3.65. The highest BCUT2D eigenvalue weighted by molar-refractivity contribution is 7.26. The fourth-order valence-electron chi connectivity index (χ4n) is 7.78. The Hall–Kier alpha value is -6.18. The molecular formula is C48H34N4S2. The first-order valence-corrected chi connectivity index (χ1v) is 19.7. The number of nitrogens with one attached hydrogen (secondary N) is 1. The highest BCUT2D eigenvalue weighted by atomic mass is 32.1. The van der Waals surface area contributed by atoms with Crippen LogP contribution in [0.2, 0.25) is 0 Å². The quantitative estimate of drug-likeness (QED) is 0.177. The fraction of sp³-hybridized carbons (Fsp3) is 0.0417. The lowest BCUT2D eigenvalue weighted by molar-refractivity contribution is 1.07. The third-order valence-corrected chi connectivity index (χ3v) is 12.8. The Balaban J connectivity index is 0.000000154. The number of fused-ring (bicyclic) bond motifs is 9. The highest BCUT2D eigenvalue weighted by Gasteiger charge is 2.16. The summed E-state index contributed by atoms with van der Waals surface area (Å²) in [6.45, 7) is 2.46. The molecule has 6 heteroatoms. The predicted octanol–water partition coefficient (Wildman–Crippen LogP) is 13.0. The van der Waals surface area contributed by atoms with Crippen LogP contribution in [0.25, 0.3) is 84.7 Å². The monoisotopic (exact) mass is 730 g/mol. The molecule has 0 unspecified atom stereocenters. The standard InChI is InChI=1S/C31H18N2S.C17H16N2S/c1-2-5-19-14-28-24(12-18(19)4-1)25-15-27-26-13-20(8-9-30(26)34-31(27)16-29(25)33-28)22-7-3-6-21-17-32-11-10-23(21)22;1-12-14-9-5-6-10-15(14)20-17(12)16(19-11-18)13-7-3-2-4-8-13/h1-17,33H;2-10H,11,18H2,1H3/b;19-16-. The minimum absolute atomic E-state index is 0.303. The summed E-state index contributed by atoms with van der Waals surface area (Å²) in [5.41, 5.74) is 13.9. The molecule has 11 rings (SSSR count). The van der Waals surface area contributed by atoms with Gasteiger partial charge in [-0.3, -0.25) is 9.98 Å². The molecule has 4 aromatic heterocycles. The molecule has 0 fully saturated rings. The van der Waals surface area contributed by atoms with Crippen LogP contribution in [0.3, 0.4) is 0 Å². The molecule has 4 nitrogen and oxygen atoms in total. The summed E-state index contributed by atoms with van der Waals surface area (Å²) in [6.07, 6.45) is 3.82. The van der Waals surface area contributed by atoms with E-state index in [0.29, 0.717) is 6.67 Å². The van der Waals surface area contributed by atoms with Crippen molar-refractivity contribution in [1.29, 1.82) is 0 Å². The molecule has 0 saturated carbocycles. The lowest BCUT2D eigenvalue weighted by Gasteiger charge is -2.07. The number of nitrogens with two attached hydrogens (primary N) is 1. The van der Waals surface area contributed by atoms with E-state index in [-0.39, 0.29) is 0 Å². The van der Waals surface area contributed by atoms with E-state index < -0.39 is 0 Å². The Kier molecular flexibility index (Phi) is 8.02. The third-order valence-electron chi connectivity index (χ3n) is 10.4. The molecule has 11 aromatic rings. The van der Waals surface area contributed by atoms with E-state index in [1.54, 1.807) is 11.3 Å². The molecule has 0 aliphatic heterocycles. The molecule has 4 heterocycles. The van der Waals surface area contributed by atoms with Crippen molar-refractivity contribution in [2.75, 3.05) is 6.67 Å². The minimum Gasteiger partial charge on any atom is -0.354 e. The van der Waals surface area contributed by atoms with Crippen LogP contribution in [-0.4, -0.2) is 22.3 Å². The number of benzene rings is 7. The number of hydrogen-bond acceptors (Lipinski definition) is 5. The molecule has 0 amide bonds. The number of pyridine rings is 1. The maximum atomic E-state index is 5.67. The van der Waals surface area contributed by atoms with Crippen LogP contribution < -0.4 is 5.73 Å². The smallest absolute Gasteiger partial charge is 0.0867 e. The van der Waals surface area contributed by atoms with Crippen LogP contribution in [0.1, 0.15) is 16.0 Å². The Morgan fingerprint density at radius 1 is 0.593 bits per heavy atom. The number of aromatic nitrogens is 2. The van der Waals surface area contributed by atoms with Gasteiger partial charge in [-0.1, -0.05) is 97.1 Å². The first-order chi connectivity index (χ1) is 26.6. The zero-order chi connectivity index (χ0) is 36.2. The summed E-state index contributed by atoms with van der Waals surface area (Å²) in [7, 11) is 0. The molecule has 258 valence electrons. The summed E-state index contributed by atoms with van der Waals surface area (Å²) in [4.78, 5) is 13.7. The Morgan fingerprint density at radius 2 is 1.31 bits per heavy atom. The second kappa shape index (κ2) is 13.3.